The first-order chi connectivity index (χ1) is 11.6. The first-order valence-corrected chi connectivity index (χ1v) is 9.38. The number of unbranched alkanes of at least 4 members (excludes halogenated alkanes) is 2. The van der Waals surface area contributed by atoms with Gasteiger partial charge in [0.15, 0.2) is 0 Å². The van der Waals surface area contributed by atoms with E-state index in [4.69, 9.17) is 11.6 Å². The summed E-state index contributed by atoms with van der Waals surface area (Å²) in [7, 11) is 1.95. The number of rotatable bonds is 11. The van der Waals surface area contributed by atoms with Gasteiger partial charge in [-0.05, 0) is 42.5 Å². The van der Waals surface area contributed by atoms with E-state index in [-0.39, 0.29) is 5.91 Å². The molecule has 0 atom stereocenters. The quantitative estimate of drug-likeness (QED) is 0.538. The normalized spacial score (nSPS) is 11.8. The third kappa shape index (κ3) is 7.87. The van der Waals surface area contributed by atoms with E-state index in [9.17, 15) is 4.79 Å². The van der Waals surface area contributed by atoms with Gasteiger partial charge in [-0.1, -0.05) is 56.8 Å². The SMILES string of the molecule is CCCCC/C(CC(=O)NCc1ccc(Cl)cc1)=C(\CCC)NC. The highest BCUT2D eigenvalue weighted by Gasteiger charge is 2.11. The molecule has 0 aliphatic heterocycles. The second-order valence-corrected chi connectivity index (χ2v) is 6.56. The van der Waals surface area contributed by atoms with Crippen molar-refractivity contribution in [1.82, 2.24) is 10.6 Å². The number of hydrogen-bond donors (Lipinski definition) is 2. The predicted molar refractivity (Wildman–Crippen MR) is 103 cm³/mol. The van der Waals surface area contributed by atoms with Crippen molar-refractivity contribution in [3.05, 3.63) is 46.1 Å². The number of carbonyl (C=O) groups excluding carboxylic acids is 1. The Bertz CT molecular complexity index is 523. The summed E-state index contributed by atoms with van der Waals surface area (Å²) in [6.45, 7) is 4.91. The van der Waals surface area contributed by atoms with Crippen LogP contribution in [0.4, 0.5) is 0 Å². The van der Waals surface area contributed by atoms with Crippen LogP contribution in [0.1, 0.15) is 64.4 Å². The summed E-state index contributed by atoms with van der Waals surface area (Å²) in [5.74, 6) is 0.0836. The van der Waals surface area contributed by atoms with Crippen LogP contribution >= 0.6 is 11.6 Å². The smallest absolute Gasteiger partial charge is 0.224 e. The van der Waals surface area contributed by atoms with Crippen LogP contribution in [0.5, 0.6) is 0 Å². The van der Waals surface area contributed by atoms with E-state index in [2.05, 4.69) is 24.5 Å². The molecule has 0 spiro atoms. The largest absolute Gasteiger partial charge is 0.391 e. The van der Waals surface area contributed by atoms with Gasteiger partial charge in [0, 0.05) is 30.7 Å². The molecule has 0 aromatic heterocycles. The number of hydrogen-bond acceptors (Lipinski definition) is 2. The molecule has 2 N–H and O–H groups in total. The van der Waals surface area contributed by atoms with Crippen molar-refractivity contribution in [1.29, 1.82) is 0 Å². The lowest BCUT2D eigenvalue weighted by molar-refractivity contribution is -0.120. The summed E-state index contributed by atoms with van der Waals surface area (Å²) >= 11 is 5.88. The van der Waals surface area contributed by atoms with Gasteiger partial charge in [0.25, 0.3) is 0 Å². The van der Waals surface area contributed by atoms with E-state index in [1.165, 1.54) is 24.1 Å². The summed E-state index contributed by atoms with van der Waals surface area (Å²) in [6, 6.07) is 7.58. The molecule has 3 nitrogen and oxygen atoms in total. The zero-order valence-electron chi connectivity index (χ0n) is 15.3. The van der Waals surface area contributed by atoms with E-state index >= 15 is 0 Å². The molecule has 134 valence electrons. The van der Waals surface area contributed by atoms with Gasteiger partial charge in [-0.2, -0.15) is 0 Å². The third-order valence-corrected chi connectivity index (χ3v) is 4.34. The van der Waals surface area contributed by atoms with E-state index in [0.717, 1.165) is 31.2 Å². The molecule has 4 heteroatoms. The molecule has 0 saturated carbocycles. The van der Waals surface area contributed by atoms with Crippen molar-refractivity contribution in [3.8, 4) is 0 Å². The molecule has 1 amide bonds. The second kappa shape index (κ2) is 12.0. The Kier molecular flexibility index (Phi) is 10.3. The maximum atomic E-state index is 12.4. The topological polar surface area (TPSA) is 41.1 Å². The van der Waals surface area contributed by atoms with Crippen LogP contribution in [-0.2, 0) is 11.3 Å². The van der Waals surface area contributed by atoms with Crippen molar-refractivity contribution in [2.24, 2.45) is 0 Å². The molecule has 0 aliphatic carbocycles. The summed E-state index contributed by atoms with van der Waals surface area (Å²) in [6.07, 6.45) is 7.11. The molecular weight excluding hydrogens is 320 g/mol. The molecule has 0 radical (unpaired) electrons. The van der Waals surface area contributed by atoms with E-state index in [1.54, 1.807) is 0 Å². The second-order valence-electron chi connectivity index (χ2n) is 6.12. The summed E-state index contributed by atoms with van der Waals surface area (Å²) in [5.41, 5.74) is 3.54. The Morgan fingerprint density at radius 3 is 2.33 bits per heavy atom. The monoisotopic (exact) mass is 350 g/mol. The molecule has 0 saturated heterocycles. The molecule has 0 unspecified atom stereocenters. The first kappa shape index (κ1) is 20.6. The van der Waals surface area contributed by atoms with Gasteiger partial charge >= 0.3 is 0 Å². The van der Waals surface area contributed by atoms with Crippen molar-refractivity contribution in [2.75, 3.05) is 7.05 Å². The highest BCUT2D eigenvalue weighted by molar-refractivity contribution is 6.30. The minimum Gasteiger partial charge on any atom is -0.391 e. The lowest BCUT2D eigenvalue weighted by Crippen LogP contribution is -2.24. The molecule has 24 heavy (non-hydrogen) atoms. The summed E-state index contributed by atoms with van der Waals surface area (Å²) < 4.78 is 0. The Balaban J connectivity index is 2.63. The molecule has 0 bridgehead atoms. The van der Waals surface area contributed by atoms with Crippen LogP contribution in [-0.4, -0.2) is 13.0 Å². The van der Waals surface area contributed by atoms with Crippen molar-refractivity contribution < 1.29 is 4.79 Å². The van der Waals surface area contributed by atoms with Crippen LogP contribution in [0.15, 0.2) is 35.5 Å². The Morgan fingerprint density at radius 1 is 1.04 bits per heavy atom. The number of amides is 1. The number of carbonyl (C=O) groups is 1. The Hall–Kier alpha value is -1.48. The summed E-state index contributed by atoms with van der Waals surface area (Å²) in [5, 5.41) is 7.03. The van der Waals surface area contributed by atoms with E-state index in [1.807, 2.05) is 31.3 Å². The zero-order valence-corrected chi connectivity index (χ0v) is 16.0. The van der Waals surface area contributed by atoms with Gasteiger partial charge in [0.1, 0.15) is 0 Å². The molecule has 0 heterocycles. The zero-order chi connectivity index (χ0) is 17.8. The van der Waals surface area contributed by atoms with Crippen LogP contribution in [0, 0.1) is 0 Å². The van der Waals surface area contributed by atoms with E-state index in [0.29, 0.717) is 18.0 Å². The highest BCUT2D eigenvalue weighted by atomic mass is 35.5. The minimum absolute atomic E-state index is 0.0836. The van der Waals surface area contributed by atoms with Crippen molar-refractivity contribution >= 4 is 17.5 Å². The molecular formula is C20H31ClN2O. The van der Waals surface area contributed by atoms with Crippen LogP contribution < -0.4 is 10.6 Å². The fraction of sp³-hybridized carbons (Fsp3) is 0.550. The first-order valence-electron chi connectivity index (χ1n) is 9.00. The highest BCUT2D eigenvalue weighted by Crippen LogP contribution is 2.19. The number of halogens is 1. The number of benzene rings is 1. The van der Waals surface area contributed by atoms with Gasteiger partial charge in [0.05, 0.1) is 0 Å². The Morgan fingerprint density at radius 2 is 1.75 bits per heavy atom. The maximum Gasteiger partial charge on any atom is 0.224 e. The number of nitrogens with one attached hydrogen (secondary N) is 2. The summed E-state index contributed by atoms with van der Waals surface area (Å²) in [4.78, 5) is 12.4. The fourth-order valence-corrected chi connectivity index (χ4v) is 2.85. The van der Waals surface area contributed by atoms with Crippen LogP contribution in [0.3, 0.4) is 0 Å². The van der Waals surface area contributed by atoms with Gasteiger partial charge in [0.2, 0.25) is 5.91 Å². The fourth-order valence-electron chi connectivity index (χ4n) is 2.72. The standard InChI is InChI=1S/C20H31ClN2O/c1-4-6-7-9-17(19(22-3)8-5-2)14-20(24)23-15-16-10-12-18(21)13-11-16/h10-13,22H,4-9,14-15H2,1-3H3,(H,23,24)/b19-17-. The van der Waals surface area contributed by atoms with Gasteiger partial charge < -0.3 is 10.6 Å². The number of allylic oxidation sites excluding steroid dienone is 1. The van der Waals surface area contributed by atoms with Gasteiger partial charge in [-0.25, -0.2) is 0 Å². The van der Waals surface area contributed by atoms with Crippen molar-refractivity contribution in [2.45, 2.75) is 65.3 Å². The van der Waals surface area contributed by atoms with Crippen LogP contribution in [0.2, 0.25) is 5.02 Å². The molecule has 0 fully saturated rings. The lowest BCUT2D eigenvalue weighted by Gasteiger charge is -2.15. The predicted octanol–water partition coefficient (Wildman–Crippen LogP) is 5.20. The third-order valence-electron chi connectivity index (χ3n) is 4.09. The lowest BCUT2D eigenvalue weighted by atomic mass is 9.99. The maximum absolute atomic E-state index is 12.4. The molecule has 0 aliphatic rings. The van der Waals surface area contributed by atoms with Crippen molar-refractivity contribution in [3.63, 3.8) is 0 Å². The van der Waals surface area contributed by atoms with E-state index < -0.39 is 0 Å². The van der Waals surface area contributed by atoms with Gasteiger partial charge in [-0.15, -0.1) is 0 Å². The average molecular weight is 351 g/mol. The van der Waals surface area contributed by atoms with Crippen LogP contribution in [0.25, 0.3) is 0 Å². The molecule has 1 aromatic carbocycles. The molecule has 1 rings (SSSR count). The average Bonchev–Trinajstić information content (AvgIpc) is 2.58. The van der Waals surface area contributed by atoms with Gasteiger partial charge in [-0.3, -0.25) is 4.79 Å². The Labute approximate surface area is 151 Å². The molecule has 1 aromatic rings. The minimum atomic E-state index is 0.0836.